The van der Waals surface area contributed by atoms with Gasteiger partial charge in [-0.2, -0.15) is 0 Å². The molecule has 0 spiro atoms. The highest BCUT2D eigenvalue weighted by molar-refractivity contribution is 7.88. The zero-order valence-corrected chi connectivity index (χ0v) is 14.4. The average molecular weight is 340 g/mol. The van der Waals surface area contributed by atoms with Gasteiger partial charge >= 0.3 is 0 Å². The fourth-order valence-corrected chi connectivity index (χ4v) is 3.56. The van der Waals surface area contributed by atoms with Crippen LogP contribution in [0.25, 0.3) is 0 Å². The number of amides is 1. The first-order chi connectivity index (χ1) is 10.9. The first-order valence-electron chi connectivity index (χ1n) is 7.85. The standard InChI is InChI=1S/C16H24N2O4S/c1-3-13-6-4-5-7-15(13)22-12-16(19)17-14-8-10-18(11-9-14)23(2,20)21/h4-7,14H,3,8-12H2,1-2H3,(H,17,19). The summed E-state index contributed by atoms with van der Waals surface area (Å²) in [5.41, 5.74) is 1.07. The number of benzene rings is 1. The summed E-state index contributed by atoms with van der Waals surface area (Å²) >= 11 is 0. The maximum absolute atomic E-state index is 12.0. The van der Waals surface area contributed by atoms with Gasteiger partial charge in [0.25, 0.3) is 5.91 Å². The molecule has 1 N–H and O–H groups in total. The third-order valence-electron chi connectivity index (χ3n) is 4.00. The van der Waals surface area contributed by atoms with Gasteiger partial charge in [-0.05, 0) is 30.9 Å². The number of ether oxygens (including phenoxy) is 1. The number of para-hydroxylation sites is 1. The Morgan fingerprint density at radius 1 is 1.30 bits per heavy atom. The normalized spacial score (nSPS) is 17.0. The minimum absolute atomic E-state index is 0.00511. The number of carbonyl (C=O) groups is 1. The van der Waals surface area contributed by atoms with E-state index in [9.17, 15) is 13.2 Å². The zero-order chi connectivity index (χ0) is 16.9. The number of hydrogen-bond donors (Lipinski definition) is 1. The molecule has 23 heavy (non-hydrogen) atoms. The van der Waals surface area contributed by atoms with E-state index in [-0.39, 0.29) is 18.6 Å². The van der Waals surface area contributed by atoms with Gasteiger partial charge in [0, 0.05) is 19.1 Å². The first-order valence-corrected chi connectivity index (χ1v) is 9.70. The summed E-state index contributed by atoms with van der Waals surface area (Å²) in [7, 11) is -3.14. The van der Waals surface area contributed by atoms with E-state index in [1.807, 2.05) is 31.2 Å². The summed E-state index contributed by atoms with van der Waals surface area (Å²) in [5, 5.41) is 2.91. The minimum Gasteiger partial charge on any atom is -0.483 e. The number of hydrogen-bond acceptors (Lipinski definition) is 4. The van der Waals surface area contributed by atoms with Crippen LogP contribution in [0.3, 0.4) is 0 Å². The Kier molecular flexibility index (Phi) is 6.01. The van der Waals surface area contributed by atoms with E-state index in [0.717, 1.165) is 17.7 Å². The molecule has 6 nitrogen and oxygen atoms in total. The second kappa shape index (κ2) is 7.79. The number of rotatable bonds is 6. The van der Waals surface area contributed by atoms with Crippen molar-refractivity contribution >= 4 is 15.9 Å². The number of carbonyl (C=O) groups excluding carboxylic acids is 1. The van der Waals surface area contributed by atoms with Crippen molar-refractivity contribution in [3.63, 3.8) is 0 Å². The molecule has 1 fully saturated rings. The second-order valence-electron chi connectivity index (χ2n) is 5.75. The third-order valence-corrected chi connectivity index (χ3v) is 5.30. The topological polar surface area (TPSA) is 75.7 Å². The maximum Gasteiger partial charge on any atom is 0.258 e. The highest BCUT2D eigenvalue weighted by Gasteiger charge is 2.25. The van der Waals surface area contributed by atoms with Crippen LogP contribution in [0.4, 0.5) is 0 Å². The fraction of sp³-hybridized carbons (Fsp3) is 0.562. The van der Waals surface area contributed by atoms with E-state index in [0.29, 0.717) is 25.9 Å². The highest BCUT2D eigenvalue weighted by Crippen LogP contribution is 2.18. The molecule has 0 saturated carbocycles. The molecule has 0 unspecified atom stereocenters. The molecule has 0 bridgehead atoms. The van der Waals surface area contributed by atoms with Gasteiger partial charge in [-0.1, -0.05) is 25.1 Å². The largest absolute Gasteiger partial charge is 0.483 e. The Labute approximate surface area is 137 Å². The van der Waals surface area contributed by atoms with E-state index < -0.39 is 10.0 Å². The fourth-order valence-electron chi connectivity index (χ4n) is 2.68. The Balaban J connectivity index is 1.78. The molecule has 0 radical (unpaired) electrons. The number of nitrogens with zero attached hydrogens (tertiary/aromatic N) is 1. The van der Waals surface area contributed by atoms with E-state index in [4.69, 9.17) is 4.74 Å². The lowest BCUT2D eigenvalue weighted by Gasteiger charge is -2.30. The summed E-state index contributed by atoms with van der Waals surface area (Å²) in [4.78, 5) is 12.0. The van der Waals surface area contributed by atoms with Gasteiger partial charge in [0.2, 0.25) is 10.0 Å². The molecular formula is C16H24N2O4S. The Hall–Kier alpha value is -1.60. The molecule has 1 aromatic carbocycles. The predicted molar refractivity (Wildman–Crippen MR) is 88.9 cm³/mol. The van der Waals surface area contributed by atoms with Gasteiger partial charge in [-0.25, -0.2) is 12.7 Å². The summed E-state index contributed by atoms with van der Waals surface area (Å²) in [5.74, 6) is 0.561. The van der Waals surface area contributed by atoms with Crippen LogP contribution in [-0.2, 0) is 21.2 Å². The SMILES string of the molecule is CCc1ccccc1OCC(=O)NC1CCN(S(C)(=O)=O)CC1. The molecule has 7 heteroatoms. The summed E-state index contributed by atoms with van der Waals surface area (Å²) in [6.07, 6.45) is 3.32. The van der Waals surface area contributed by atoms with Crippen LogP contribution in [-0.4, -0.2) is 50.6 Å². The Morgan fingerprint density at radius 3 is 2.57 bits per heavy atom. The lowest BCUT2D eigenvalue weighted by molar-refractivity contribution is -0.124. The quantitative estimate of drug-likeness (QED) is 0.843. The highest BCUT2D eigenvalue weighted by atomic mass is 32.2. The lowest BCUT2D eigenvalue weighted by Crippen LogP contribution is -2.47. The number of nitrogens with one attached hydrogen (secondary N) is 1. The van der Waals surface area contributed by atoms with Crippen LogP contribution in [0.5, 0.6) is 5.75 Å². The van der Waals surface area contributed by atoms with E-state index in [1.54, 1.807) is 0 Å². The molecule has 2 rings (SSSR count). The van der Waals surface area contributed by atoms with Crippen LogP contribution in [0.15, 0.2) is 24.3 Å². The van der Waals surface area contributed by atoms with Gasteiger partial charge < -0.3 is 10.1 Å². The van der Waals surface area contributed by atoms with E-state index in [1.165, 1.54) is 10.6 Å². The van der Waals surface area contributed by atoms with Crippen molar-refractivity contribution in [3.8, 4) is 5.75 Å². The molecule has 1 aliphatic rings. The molecular weight excluding hydrogens is 316 g/mol. The molecule has 1 aliphatic heterocycles. The van der Waals surface area contributed by atoms with Crippen LogP contribution in [0.1, 0.15) is 25.3 Å². The minimum atomic E-state index is -3.14. The van der Waals surface area contributed by atoms with Crippen LogP contribution >= 0.6 is 0 Å². The van der Waals surface area contributed by atoms with Crippen LogP contribution in [0, 0.1) is 0 Å². The van der Waals surface area contributed by atoms with Crippen molar-refractivity contribution < 1.29 is 17.9 Å². The van der Waals surface area contributed by atoms with Crippen molar-refractivity contribution in [3.05, 3.63) is 29.8 Å². The predicted octanol–water partition coefficient (Wildman–Crippen LogP) is 1.17. The summed E-state index contributed by atoms with van der Waals surface area (Å²) in [6.45, 7) is 2.91. The molecule has 1 saturated heterocycles. The molecule has 1 aromatic rings. The van der Waals surface area contributed by atoms with Crippen molar-refractivity contribution in [1.82, 2.24) is 9.62 Å². The molecule has 1 amide bonds. The van der Waals surface area contributed by atoms with Crippen molar-refractivity contribution in [2.45, 2.75) is 32.2 Å². The molecule has 0 aliphatic carbocycles. The molecule has 0 aromatic heterocycles. The lowest BCUT2D eigenvalue weighted by atomic mass is 10.1. The Bertz CT molecular complexity index is 637. The molecule has 1 heterocycles. The van der Waals surface area contributed by atoms with Crippen LogP contribution < -0.4 is 10.1 Å². The zero-order valence-electron chi connectivity index (χ0n) is 13.6. The smallest absolute Gasteiger partial charge is 0.258 e. The van der Waals surface area contributed by atoms with Crippen molar-refractivity contribution in [2.24, 2.45) is 0 Å². The van der Waals surface area contributed by atoms with Crippen molar-refractivity contribution in [2.75, 3.05) is 26.0 Å². The average Bonchev–Trinajstić information content (AvgIpc) is 2.53. The molecule has 128 valence electrons. The summed E-state index contributed by atoms with van der Waals surface area (Å²) < 4.78 is 29.9. The summed E-state index contributed by atoms with van der Waals surface area (Å²) in [6, 6.07) is 7.67. The molecule has 0 atom stereocenters. The van der Waals surface area contributed by atoms with Gasteiger partial charge in [0.1, 0.15) is 5.75 Å². The number of piperidine rings is 1. The Morgan fingerprint density at radius 2 is 1.96 bits per heavy atom. The maximum atomic E-state index is 12.0. The number of sulfonamides is 1. The second-order valence-corrected chi connectivity index (χ2v) is 7.74. The number of aryl methyl sites for hydroxylation is 1. The van der Waals surface area contributed by atoms with Gasteiger partial charge in [-0.3, -0.25) is 4.79 Å². The van der Waals surface area contributed by atoms with Crippen LogP contribution in [0.2, 0.25) is 0 Å². The monoisotopic (exact) mass is 340 g/mol. The third kappa shape index (κ3) is 5.21. The van der Waals surface area contributed by atoms with Crippen molar-refractivity contribution in [1.29, 1.82) is 0 Å². The van der Waals surface area contributed by atoms with Gasteiger partial charge in [0.15, 0.2) is 6.61 Å². The van der Waals surface area contributed by atoms with Gasteiger partial charge in [-0.15, -0.1) is 0 Å². The first kappa shape index (κ1) is 17.7. The van der Waals surface area contributed by atoms with E-state index in [2.05, 4.69) is 5.32 Å². The van der Waals surface area contributed by atoms with Gasteiger partial charge in [0.05, 0.1) is 6.26 Å². The van der Waals surface area contributed by atoms with E-state index >= 15 is 0 Å².